The van der Waals surface area contributed by atoms with Crippen molar-refractivity contribution in [2.45, 2.75) is 102 Å². The highest BCUT2D eigenvalue weighted by Gasteiger charge is 2.33. The number of likely N-dealkylation sites (N-methyl/N-ethyl adjacent to an activating group) is 1. The van der Waals surface area contributed by atoms with Crippen LogP contribution in [0.4, 0.5) is 9.59 Å². The maximum atomic E-state index is 13.7. The van der Waals surface area contributed by atoms with Gasteiger partial charge in [-0.15, -0.1) is 0 Å². The van der Waals surface area contributed by atoms with E-state index in [1.165, 1.54) is 32.1 Å². The Kier molecular flexibility index (Phi) is 13.9. The quantitative estimate of drug-likeness (QED) is 0.233. The lowest BCUT2D eigenvalue weighted by Crippen LogP contribution is -2.52. The van der Waals surface area contributed by atoms with Gasteiger partial charge in [-0.05, 0) is 55.8 Å². The number of carbonyl (C=O) groups excluding carboxylic acids is 2. The zero-order valence-corrected chi connectivity index (χ0v) is 28.3. The summed E-state index contributed by atoms with van der Waals surface area (Å²) in [5, 5.41) is 3.99. The SMILES string of the molecule is CC(N)CO[C@@H](c1cccc(Cl)c1)[C@@H]1CCCN(C(=O)N[C@@H](CC2CCCCC2)CN(C)C(=O)OCC[Si](C)(C)C)C1. The maximum Gasteiger partial charge on any atom is 0.409 e. The number of benzene rings is 1. The molecule has 4 atom stereocenters. The van der Waals surface area contributed by atoms with Gasteiger partial charge in [-0.1, -0.05) is 75.5 Å². The van der Waals surface area contributed by atoms with Crippen molar-refractivity contribution in [3.05, 3.63) is 34.9 Å². The highest BCUT2D eigenvalue weighted by atomic mass is 35.5. The Labute approximate surface area is 260 Å². The number of hydrogen-bond acceptors (Lipinski definition) is 5. The zero-order valence-electron chi connectivity index (χ0n) is 26.6. The Bertz CT molecular complexity index is 986. The molecular weight excluding hydrogens is 568 g/mol. The van der Waals surface area contributed by atoms with Crippen LogP contribution in [0.25, 0.3) is 0 Å². The van der Waals surface area contributed by atoms with Crippen LogP contribution >= 0.6 is 11.6 Å². The third-order valence-corrected chi connectivity index (χ3v) is 10.4. The van der Waals surface area contributed by atoms with Gasteiger partial charge in [0.2, 0.25) is 0 Å². The number of amides is 3. The van der Waals surface area contributed by atoms with Gasteiger partial charge in [-0.3, -0.25) is 0 Å². The molecule has 42 heavy (non-hydrogen) atoms. The summed E-state index contributed by atoms with van der Waals surface area (Å²) >= 11 is 6.33. The number of nitrogens with two attached hydrogens (primary N) is 1. The normalized spacial score (nSPS) is 20.5. The molecule has 8 nitrogen and oxygen atoms in total. The number of halogens is 1. The number of urea groups is 1. The van der Waals surface area contributed by atoms with E-state index in [9.17, 15) is 9.59 Å². The van der Waals surface area contributed by atoms with E-state index in [1.54, 1.807) is 11.9 Å². The summed E-state index contributed by atoms with van der Waals surface area (Å²) < 4.78 is 11.9. The van der Waals surface area contributed by atoms with E-state index in [0.717, 1.165) is 30.9 Å². The van der Waals surface area contributed by atoms with E-state index >= 15 is 0 Å². The topological polar surface area (TPSA) is 97.1 Å². The van der Waals surface area contributed by atoms with Gasteiger partial charge in [0.05, 0.1) is 19.3 Å². The van der Waals surface area contributed by atoms with Crippen molar-refractivity contribution in [1.82, 2.24) is 15.1 Å². The fraction of sp³-hybridized carbons (Fsp3) is 0.750. The Morgan fingerprint density at radius 1 is 1.17 bits per heavy atom. The van der Waals surface area contributed by atoms with Gasteiger partial charge in [0.1, 0.15) is 0 Å². The van der Waals surface area contributed by atoms with Crippen molar-refractivity contribution < 1.29 is 19.1 Å². The van der Waals surface area contributed by atoms with Crippen LogP contribution in [0, 0.1) is 11.8 Å². The van der Waals surface area contributed by atoms with Crippen molar-refractivity contribution in [2.24, 2.45) is 17.6 Å². The van der Waals surface area contributed by atoms with E-state index in [2.05, 4.69) is 25.0 Å². The number of rotatable bonds is 13. The van der Waals surface area contributed by atoms with E-state index in [1.807, 2.05) is 36.1 Å². The predicted octanol–water partition coefficient (Wildman–Crippen LogP) is 6.91. The molecule has 10 heteroatoms. The summed E-state index contributed by atoms with van der Waals surface area (Å²) in [6.45, 7) is 11.4. The first kappa shape index (κ1) is 34.7. The second-order valence-electron chi connectivity index (χ2n) is 13.8. The molecule has 1 heterocycles. The van der Waals surface area contributed by atoms with Gasteiger partial charge >= 0.3 is 12.1 Å². The van der Waals surface area contributed by atoms with Crippen LogP contribution in [0.5, 0.6) is 0 Å². The van der Waals surface area contributed by atoms with E-state index < -0.39 is 8.07 Å². The first-order chi connectivity index (χ1) is 19.9. The van der Waals surface area contributed by atoms with Gasteiger partial charge in [-0.25, -0.2) is 9.59 Å². The largest absolute Gasteiger partial charge is 0.450 e. The van der Waals surface area contributed by atoms with Crippen LogP contribution in [0.2, 0.25) is 30.7 Å². The lowest BCUT2D eigenvalue weighted by molar-refractivity contribution is -0.0145. The molecule has 2 fully saturated rings. The third kappa shape index (κ3) is 12.1. The molecule has 1 aromatic carbocycles. The summed E-state index contributed by atoms with van der Waals surface area (Å²) in [6, 6.07) is 8.44. The van der Waals surface area contributed by atoms with E-state index in [-0.39, 0.29) is 36.2 Å². The molecule has 3 N–H and O–H groups in total. The molecule has 3 rings (SSSR count). The van der Waals surface area contributed by atoms with Crippen molar-refractivity contribution in [1.29, 1.82) is 0 Å². The van der Waals surface area contributed by atoms with Crippen LogP contribution in [-0.4, -0.2) is 82.0 Å². The molecule has 2 aliphatic rings. The fourth-order valence-electron chi connectivity index (χ4n) is 6.12. The summed E-state index contributed by atoms with van der Waals surface area (Å²) in [4.78, 5) is 30.1. The molecule has 238 valence electrons. The minimum Gasteiger partial charge on any atom is -0.450 e. The molecule has 3 amide bonds. The van der Waals surface area contributed by atoms with Crippen LogP contribution in [0.15, 0.2) is 24.3 Å². The molecule has 0 spiro atoms. The summed E-state index contributed by atoms with van der Waals surface area (Å²) in [5.74, 6) is 0.691. The zero-order chi connectivity index (χ0) is 30.7. The highest BCUT2D eigenvalue weighted by Crippen LogP contribution is 2.34. The standard InChI is InChI=1S/C32H55ClN4O4Si/c1-24(34)23-41-30(26-13-9-15-28(33)20-26)27-14-10-16-37(21-27)31(38)35-29(19-25-11-7-6-8-12-25)22-36(2)32(39)40-17-18-42(3,4)5/h9,13,15,20,24-25,27,29-30H,6-8,10-12,14,16-19,21-23,34H2,1-5H3,(H,35,38)/t24?,27-,29+,30+/m1/s1. The number of nitrogens with zero attached hydrogens (tertiary/aromatic N) is 2. The van der Waals surface area contributed by atoms with Gasteiger partial charge in [0.25, 0.3) is 0 Å². The highest BCUT2D eigenvalue weighted by molar-refractivity contribution is 6.76. The van der Waals surface area contributed by atoms with E-state index in [4.69, 9.17) is 26.8 Å². The minimum atomic E-state index is -1.29. The second-order valence-corrected chi connectivity index (χ2v) is 19.9. The third-order valence-electron chi connectivity index (χ3n) is 8.44. The monoisotopic (exact) mass is 622 g/mol. The molecule has 1 saturated carbocycles. The van der Waals surface area contributed by atoms with Gasteiger partial charge < -0.3 is 30.3 Å². The number of likely N-dealkylation sites (tertiary alicyclic amines) is 1. The summed E-state index contributed by atoms with van der Waals surface area (Å²) in [5.41, 5.74) is 7.05. The number of hydrogen-bond donors (Lipinski definition) is 2. The first-order valence-corrected chi connectivity index (χ1v) is 20.1. The summed E-state index contributed by atoms with van der Waals surface area (Å²) in [7, 11) is 0.486. The predicted molar refractivity (Wildman–Crippen MR) is 174 cm³/mol. The van der Waals surface area contributed by atoms with Gasteiger partial charge in [-0.2, -0.15) is 0 Å². The van der Waals surface area contributed by atoms with Crippen molar-refractivity contribution in [3.63, 3.8) is 0 Å². The molecule has 1 aliphatic carbocycles. The lowest BCUT2D eigenvalue weighted by atomic mass is 9.84. The second kappa shape index (κ2) is 16.9. The summed E-state index contributed by atoms with van der Waals surface area (Å²) in [6.07, 6.45) is 8.33. The van der Waals surface area contributed by atoms with Crippen LogP contribution in [0.3, 0.4) is 0 Å². The van der Waals surface area contributed by atoms with Crippen molar-refractivity contribution >= 4 is 31.8 Å². The maximum absolute atomic E-state index is 13.7. The Morgan fingerprint density at radius 2 is 1.90 bits per heavy atom. The van der Waals surface area contributed by atoms with Crippen molar-refractivity contribution in [3.8, 4) is 0 Å². The molecular formula is C32H55ClN4O4Si. The minimum absolute atomic E-state index is 0.0713. The van der Waals surface area contributed by atoms with Gasteiger partial charge in [0.15, 0.2) is 0 Å². The fourth-order valence-corrected chi connectivity index (χ4v) is 7.03. The van der Waals surface area contributed by atoms with Crippen LogP contribution in [0.1, 0.15) is 70.0 Å². The smallest absolute Gasteiger partial charge is 0.409 e. The molecule has 1 aliphatic heterocycles. The molecule has 1 unspecified atom stereocenters. The average molecular weight is 623 g/mol. The van der Waals surface area contributed by atoms with E-state index in [0.29, 0.717) is 43.8 Å². The lowest BCUT2D eigenvalue weighted by Gasteiger charge is -2.38. The Hall–Kier alpha value is -1.81. The Morgan fingerprint density at radius 3 is 2.57 bits per heavy atom. The first-order valence-electron chi connectivity index (χ1n) is 16.0. The number of nitrogens with one attached hydrogen (secondary N) is 1. The number of piperidine rings is 1. The molecule has 0 bridgehead atoms. The number of ether oxygens (including phenoxy) is 2. The molecule has 1 aromatic rings. The molecule has 1 saturated heterocycles. The Balaban J connectivity index is 1.66. The average Bonchev–Trinajstić information content (AvgIpc) is 2.93. The van der Waals surface area contributed by atoms with Crippen LogP contribution < -0.4 is 11.1 Å². The number of carbonyl (C=O) groups is 2. The molecule has 0 radical (unpaired) electrons. The van der Waals surface area contributed by atoms with Crippen molar-refractivity contribution in [2.75, 3.05) is 39.9 Å². The van der Waals surface area contributed by atoms with Gasteiger partial charge in [0, 0.05) is 57.8 Å². The van der Waals surface area contributed by atoms with Crippen LogP contribution in [-0.2, 0) is 9.47 Å². The molecule has 0 aromatic heterocycles.